The Morgan fingerprint density at radius 2 is 2.06 bits per heavy atom. The molecule has 0 bridgehead atoms. The van der Waals surface area contributed by atoms with E-state index >= 15 is 0 Å². The predicted octanol–water partition coefficient (Wildman–Crippen LogP) is 4.05. The summed E-state index contributed by atoms with van der Waals surface area (Å²) in [5.74, 6) is -0.326. The summed E-state index contributed by atoms with van der Waals surface area (Å²) in [6, 6.07) is 4.26. The van der Waals surface area contributed by atoms with Crippen LogP contribution in [0.1, 0.15) is 37.0 Å². The lowest BCUT2D eigenvalue weighted by Gasteiger charge is -2.11. The molecule has 0 spiro atoms. The van der Waals surface area contributed by atoms with Gasteiger partial charge in [-0.3, -0.25) is 0 Å². The average Bonchev–Trinajstić information content (AvgIpc) is 2.32. The number of rotatable bonds is 6. The monoisotopic (exact) mass is 256 g/mol. The van der Waals surface area contributed by atoms with Crippen LogP contribution < -0.4 is 0 Å². The molecular formula is C13H17FO2S. The smallest absolute Gasteiger partial charge is 0.338 e. The van der Waals surface area contributed by atoms with Gasteiger partial charge in [0.15, 0.2) is 0 Å². The molecule has 0 radical (unpaired) electrons. The molecule has 17 heavy (non-hydrogen) atoms. The summed E-state index contributed by atoms with van der Waals surface area (Å²) in [6.07, 6.45) is 2.22. The highest BCUT2D eigenvalue weighted by Gasteiger charge is 2.11. The van der Waals surface area contributed by atoms with E-state index in [0.717, 1.165) is 23.5 Å². The normalized spacial score (nSPS) is 10.8. The number of hydrogen-bond donors (Lipinski definition) is 1. The first-order valence-corrected chi connectivity index (χ1v) is 6.72. The standard InChI is InChI=1S/C13H17FO2S/c1-3-9(4-2)8-17-10-5-6-12(14)11(7-10)13(15)16/h5-7,9H,3-4,8H2,1-2H3,(H,15,16). The number of carbonyl (C=O) groups is 1. The Kier molecular flexibility index (Phi) is 5.48. The van der Waals surface area contributed by atoms with Gasteiger partial charge in [0.1, 0.15) is 5.82 Å². The van der Waals surface area contributed by atoms with E-state index in [4.69, 9.17) is 5.11 Å². The highest BCUT2D eigenvalue weighted by molar-refractivity contribution is 7.99. The molecule has 0 aliphatic carbocycles. The Morgan fingerprint density at radius 1 is 1.41 bits per heavy atom. The molecule has 2 nitrogen and oxygen atoms in total. The van der Waals surface area contributed by atoms with E-state index < -0.39 is 11.8 Å². The van der Waals surface area contributed by atoms with Gasteiger partial charge >= 0.3 is 5.97 Å². The molecule has 0 heterocycles. The van der Waals surface area contributed by atoms with Crippen LogP contribution in [-0.2, 0) is 0 Å². The van der Waals surface area contributed by atoms with Crippen molar-refractivity contribution in [2.45, 2.75) is 31.6 Å². The summed E-state index contributed by atoms with van der Waals surface area (Å²) in [5.41, 5.74) is -0.250. The predicted molar refractivity (Wildman–Crippen MR) is 68.2 cm³/mol. The molecule has 0 aliphatic rings. The summed E-state index contributed by atoms with van der Waals surface area (Å²) in [7, 11) is 0. The van der Waals surface area contributed by atoms with E-state index in [1.807, 2.05) is 0 Å². The minimum Gasteiger partial charge on any atom is -0.478 e. The first-order chi connectivity index (χ1) is 8.08. The zero-order chi connectivity index (χ0) is 12.8. The third-order valence-corrected chi connectivity index (χ3v) is 4.03. The maximum absolute atomic E-state index is 13.2. The largest absolute Gasteiger partial charge is 0.478 e. The fourth-order valence-electron chi connectivity index (χ4n) is 1.50. The molecule has 0 fully saturated rings. The third-order valence-electron chi connectivity index (χ3n) is 2.81. The Morgan fingerprint density at radius 3 is 2.59 bits per heavy atom. The molecular weight excluding hydrogens is 239 g/mol. The van der Waals surface area contributed by atoms with Gasteiger partial charge in [0, 0.05) is 10.6 Å². The van der Waals surface area contributed by atoms with Crippen LogP contribution >= 0.6 is 11.8 Å². The van der Waals surface area contributed by atoms with Crippen LogP contribution in [0, 0.1) is 11.7 Å². The number of aromatic carboxylic acids is 1. The number of carboxylic acids is 1. The Hall–Kier alpha value is -1.03. The molecule has 1 rings (SSSR count). The van der Waals surface area contributed by atoms with Crippen molar-refractivity contribution in [1.29, 1.82) is 0 Å². The van der Waals surface area contributed by atoms with Gasteiger partial charge in [0.2, 0.25) is 0 Å². The lowest BCUT2D eigenvalue weighted by molar-refractivity contribution is 0.0691. The van der Waals surface area contributed by atoms with Crippen molar-refractivity contribution < 1.29 is 14.3 Å². The van der Waals surface area contributed by atoms with Crippen LogP contribution in [0.2, 0.25) is 0 Å². The third kappa shape index (κ3) is 4.04. The molecule has 0 atom stereocenters. The van der Waals surface area contributed by atoms with E-state index in [1.165, 1.54) is 12.1 Å². The molecule has 0 aliphatic heterocycles. The Labute approximate surface area is 105 Å². The maximum Gasteiger partial charge on any atom is 0.338 e. The van der Waals surface area contributed by atoms with Gasteiger partial charge in [-0.25, -0.2) is 9.18 Å². The zero-order valence-corrected chi connectivity index (χ0v) is 10.9. The van der Waals surface area contributed by atoms with Gasteiger partial charge in [-0.1, -0.05) is 26.7 Å². The maximum atomic E-state index is 13.2. The van der Waals surface area contributed by atoms with Crippen molar-refractivity contribution >= 4 is 17.7 Å². The molecule has 1 N–H and O–H groups in total. The summed E-state index contributed by atoms with van der Waals surface area (Å²) in [6.45, 7) is 4.28. The summed E-state index contributed by atoms with van der Waals surface area (Å²) >= 11 is 1.59. The SMILES string of the molecule is CCC(CC)CSc1ccc(F)c(C(=O)O)c1. The molecule has 1 aromatic rings. The quantitative estimate of drug-likeness (QED) is 0.780. The first kappa shape index (κ1) is 14.0. The van der Waals surface area contributed by atoms with Gasteiger partial charge in [-0.2, -0.15) is 0 Å². The second-order valence-electron chi connectivity index (χ2n) is 3.94. The molecule has 0 saturated carbocycles. The van der Waals surface area contributed by atoms with E-state index in [0.29, 0.717) is 5.92 Å². The van der Waals surface area contributed by atoms with Crippen LogP contribution in [0.5, 0.6) is 0 Å². The van der Waals surface area contributed by atoms with E-state index in [1.54, 1.807) is 17.8 Å². The lowest BCUT2D eigenvalue weighted by atomic mass is 10.1. The molecule has 0 unspecified atom stereocenters. The fraction of sp³-hybridized carbons (Fsp3) is 0.462. The van der Waals surface area contributed by atoms with Crippen molar-refractivity contribution in [2.24, 2.45) is 5.92 Å². The van der Waals surface area contributed by atoms with Crippen LogP contribution in [0.4, 0.5) is 4.39 Å². The number of benzene rings is 1. The topological polar surface area (TPSA) is 37.3 Å². The van der Waals surface area contributed by atoms with Gasteiger partial charge in [-0.05, 0) is 24.1 Å². The minimum atomic E-state index is -1.22. The van der Waals surface area contributed by atoms with Crippen LogP contribution in [0.3, 0.4) is 0 Å². The first-order valence-electron chi connectivity index (χ1n) is 5.74. The van der Waals surface area contributed by atoms with E-state index in [9.17, 15) is 9.18 Å². The number of thioether (sulfide) groups is 1. The molecule has 0 aromatic heterocycles. The average molecular weight is 256 g/mol. The molecule has 1 aromatic carbocycles. The van der Waals surface area contributed by atoms with Gasteiger partial charge in [0.25, 0.3) is 0 Å². The van der Waals surface area contributed by atoms with Gasteiger partial charge in [0.05, 0.1) is 5.56 Å². The zero-order valence-electron chi connectivity index (χ0n) is 10.1. The summed E-state index contributed by atoms with van der Waals surface area (Å²) in [5, 5.41) is 8.81. The van der Waals surface area contributed by atoms with Gasteiger partial charge < -0.3 is 5.11 Å². The minimum absolute atomic E-state index is 0.250. The van der Waals surface area contributed by atoms with E-state index in [-0.39, 0.29) is 5.56 Å². The van der Waals surface area contributed by atoms with Crippen molar-refractivity contribution in [2.75, 3.05) is 5.75 Å². The number of carboxylic acid groups (broad SMARTS) is 1. The number of halogens is 1. The van der Waals surface area contributed by atoms with Crippen molar-refractivity contribution in [3.05, 3.63) is 29.6 Å². The van der Waals surface area contributed by atoms with Crippen LogP contribution in [0.15, 0.2) is 23.1 Å². The van der Waals surface area contributed by atoms with Crippen LogP contribution in [0.25, 0.3) is 0 Å². The van der Waals surface area contributed by atoms with Crippen LogP contribution in [-0.4, -0.2) is 16.8 Å². The Bertz CT molecular complexity index is 389. The van der Waals surface area contributed by atoms with Crippen molar-refractivity contribution in [3.8, 4) is 0 Å². The second kappa shape index (κ2) is 6.64. The van der Waals surface area contributed by atoms with E-state index in [2.05, 4.69) is 13.8 Å². The number of hydrogen-bond acceptors (Lipinski definition) is 2. The van der Waals surface area contributed by atoms with Gasteiger partial charge in [-0.15, -0.1) is 11.8 Å². The van der Waals surface area contributed by atoms with Crippen molar-refractivity contribution in [3.63, 3.8) is 0 Å². The summed E-state index contributed by atoms with van der Waals surface area (Å²) < 4.78 is 13.2. The lowest BCUT2D eigenvalue weighted by Crippen LogP contribution is -2.02. The molecule has 0 saturated heterocycles. The fourth-order valence-corrected chi connectivity index (χ4v) is 2.76. The molecule has 0 amide bonds. The highest BCUT2D eigenvalue weighted by atomic mass is 32.2. The molecule has 94 valence electrons. The second-order valence-corrected chi connectivity index (χ2v) is 5.03. The highest BCUT2D eigenvalue weighted by Crippen LogP contribution is 2.25. The van der Waals surface area contributed by atoms with Crippen molar-refractivity contribution in [1.82, 2.24) is 0 Å². The Balaban J connectivity index is 2.72. The summed E-state index contributed by atoms with van der Waals surface area (Å²) in [4.78, 5) is 11.6. The molecule has 4 heteroatoms.